The smallest absolute Gasteiger partial charge is 0.315 e. The number of hydrogen-bond acceptors (Lipinski definition) is 15. The minimum absolute atomic E-state index is 0.0284. The maximum absolute atomic E-state index is 14.0. The van der Waals surface area contributed by atoms with E-state index in [2.05, 4.69) is 46.6 Å². The molecule has 6 aromatic carbocycles. The van der Waals surface area contributed by atoms with Gasteiger partial charge in [-0.1, -0.05) is 83.9 Å². The van der Waals surface area contributed by atoms with Gasteiger partial charge in [-0.3, -0.25) is 0 Å². The lowest BCUT2D eigenvalue weighted by molar-refractivity contribution is 0.0464. The van der Waals surface area contributed by atoms with Crippen LogP contribution in [0.2, 0.25) is 5.02 Å². The average molecular weight is 1300 g/mol. The highest BCUT2D eigenvalue weighted by molar-refractivity contribution is 6.30. The number of aliphatic hydroxyl groups excluding tert-OH is 3. The first-order valence-corrected chi connectivity index (χ1v) is 32.7. The van der Waals surface area contributed by atoms with Crippen LogP contribution in [0.5, 0.6) is 34.5 Å². The van der Waals surface area contributed by atoms with E-state index in [1.54, 1.807) is 60.7 Å². The van der Waals surface area contributed by atoms with Crippen molar-refractivity contribution in [3.05, 3.63) is 177 Å². The van der Waals surface area contributed by atoms with E-state index in [1.807, 2.05) is 61.5 Å². The molecule has 6 aliphatic rings. The number of nitrogens with zero attached hydrogens (tertiary/aromatic N) is 3. The number of halogens is 2. The number of aliphatic hydroxyl groups is 3. The van der Waals surface area contributed by atoms with Crippen molar-refractivity contribution in [2.24, 2.45) is 11.8 Å². The first kappa shape index (κ1) is 65.0. The molecule has 6 amide bonds. The summed E-state index contributed by atoms with van der Waals surface area (Å²) in [5, 5.41) is 54.6. The van der Waals surface area contributed by atoms with E-state index < -0.39 is 54.3 Å². The fourth-order valence-electron chi connectivity index (χ4n) is 13.3. The molecule has 93 heavy (non-hydrogen) atoms. The first-order valence-electron chi connectivity index (χ1n) is 32.3. The standard InChI is InChI=1S/C70H83ClFN9O12/c1-43-7-9-44(10-8-43)33-73-68(85)76-54(38-79-23-2-3-24-79)67(84)49-14-19-58-62(32-49)93-64(41-90-58)51-22-26-81(37-51)40-56(77-69(86)74-34-45-11-16-52(71)17-12-45)66(83)48-15-20-59-61(31-48)91-42-63(92-59)50-21-25-80(36-50)39-55(78-70(87)75-35-46-5-4-6-53(72)29-46)65(82)47-13-18-57-60(30-47)89-28-27-88-57/h4-20,29-32,50-51,54-56,63-67,82-84H,2-3,21-28,33-42H2,1H3,(H2,73,76,85)(H2,74,77,86)(H2,75,78,87). The topological polar surface area (TPSA) is 249 Å². The molecule has 0 spiro atoms. The Bertz CT molecular complexity index is 3530. The van der Waals surface area contributed by atoms with Crippen molar-refractivity contribution in [3.63, 3.8) is 0 Å². The van der Waals surface area contributed by atoms with Gasteiger partial charge >= 0.3 is 18.1 Å². The number of benzene rings is 6. The van der Waals surface area contributed by atoms with Gasteiger partial charge in [-0.25, -0.2) is 18.8 Å². The van der Waals surface area contributed by atoms with Crippen LogP contribution in [0.3, 0.4) is 0 Å². The van der Waals surface area contributed by atoms with Gasteiger partial charge in [0.05, 0.1) is 18.1 Å². The van der Waals surface area contributed by atoms with Crippen LogP contribution in [0.1, 0.15) is 82.9 Å². The third-order valence-corrected chi connectivity index (χ3v) is 18.7. The zero-order valence-corrected chi connectivity index (χ0v) is 52.9. The van der Waals surface area contributed by atoms with E-state index in [0.717, 1.165) is 55.5 Å². The number of fused-ring (bicyclic) bond motifs is 3. The number of nitrogens with one attached hydrogen (secondary N) is 6. The lowest BCUT2D eigenvalue weighted by atomic mass is 9.98. The zero-order valence-electron chi connectivity index (χ0n) is 52.2. The molecule has 6 aromatic rings. The molecule has 23 heteroatoms. The van der Waals surface area contributed by atoms with Crippen molar-refractivity contribution in [2.45, 2.75) is 101 Å². The third kappa shape index (κ3) is 17.0. The number of amides is 6. The van der Waals surface area contributed by atoms with E-state index >= 15 is 0 Å². The minimum atomic E-state index is -1.17. The van der Waals surface area contributed by atoms with Crippen molar-refractivity contribution < 1.29 is 62.5 Å². The molecule has 3 saturated heterocycles. The summed E-state index contributed by atoms with van der Waals surface area (Å²) in [6.07, 6.45) is -0.328. The molecule has 9 N–H and O–H groups in total. The molecule has 494 valence electrons. The normalized spacial score (nSPS) is 21.4. The van der Waals surface area contributed by atoms with Crippen LogP contribution in [0.25, 0.3) is 0 Å². The molecular formula is C70H83ClFN9O12. The van der Waals surface area contributed by atoms with E-state index in [4.69, 9.17) is 40.0 Å². The Morgan fingerprint density at radius 3 is 1.48 bits per heavy atom. The van der Waals surface area contributed by atoms with Crippen molar-refractivity contribution in [1.29, 1.82) is 0 Å². The molecule has 0 saturated carbocycles. The van der Waals surface area contributed by atoms with Crippen LogP contribution in [-0.2, 0) is 19.6 Å². The van der Waals surface area contributed by atoms with E-state index in [1.165, 1.54) is 12.1 Å². The summed E-state index contributed by atoms with van der Waals surface area (Å²) in [5.74, 6) is 2.81. The Balaban J connectivity index is 0.677. The van der Waals surface area contributed by atoms with Gasteiger partial charge in [0, 0.05) is 69.2 Å². The molecule has 0 bridgehead atoms. The van der Waals surface area contributed by atoms with Crippen LogP contribution in [0, 0.1) is 24.6 Å². The number of hydrogen-bond donors (Lipinski definition) is 9. The van der Waals surface area contributed by atoms with Gasteiger partial charge in [0.15, 0.2) is 34.5 Å². The van der Waals surface area contributed by atoms with Gasteiger partial charge in [0.25, 0.3) is 0 Å². The molecule has 0 aliphatic carbocycles. The summed E-state index contributed by atoms with van der Waals surface area (Å²) in [5.41, 5.74) is 5.23. The third-order valence-electron chi connectivity index (χ3n) is 18.5. The quantitative estimate of drug-likeness (QED) is 0.0299. The van der Waals surface area contributed by atoms with Gasteiger partial charge in [0.2, 0.25) is 0 Å². The molecule has 0 aromatic heterocycles. The summed E-state index contributed by atoms with van der Waals surface area (Å²) >= 11 is 6.15. The summed E-state index contributed by atoms with van der Waals surface area (Å²) in [6.45, 7) is 9.42. The lowest BCUT2D eigenvalue weighted by Crippen LogP contribution is -2.50. The van der Waals surface area contributed by atoms with Crippen molar-refractivity contribution in [2.75, 3.05) is 85.3 Å². The van der Waals surface area contributed by atoms with Gasteiger partial charge in [0.1, 0.15) is 62.8 Å². The molecule has 10 unspecified atom stereocenters. The average Bonchev–Trinajstić information content (AvgIpc) is 1.95. The van der Waals surface area contributed by atoms with Crippen molar-refractivity contribution in [3.8, 4) is 34.5 Å². The molecule has 0 radical (unpaired) electrons. The molecule has 12 rings (SSSR count). The first-order chi connectivity index (χ1) is 45.2. The highest BCUT2D eigenvalue weighted by atomic mass is 35.5. The number of likely N-dealkylation sites (tertiary alicyclic amines) is 3. The summed E-state index contributed by atoms with van der Waals surface area (Å²) in [6, 6.07) is 33.8. The van der Waals surface area contributed by atoms with Crippen LogP contribution in [0.15, 0.2) is 127 Å². The number of urea groups is 3. The monoisotopic (exact) mass is 1300 g/mol. The van der Waals surface area contributed by atoms with Crippen LogP contribution < -0.4 is 60.3 Å². The number of aryl methyl sites for hydroxylation is 1. The molecule has 6 aliphatic heterocycles. The Kier molecular flexibility index (Phi) is 21.2. The van der Waals surface area contributed by atoms with Gasteiger partial charge < -0.3 is 90.3 Å². The highest BCUT2D eigenvalue weighted by Crippen LogP contribution is 2.41. The van der Waals surface area contributed by atoms with Crippen LogP contribution in [-0.4, -0.2) is 164 Å². The Morgan fingerprint density at radius 2 is 0.946 bits per heavy atom. The van der Waals surface area contributed by atoms with E-state index in [-0.39, 0.29) is 49.8 Å². The molecule has 21 nitrogen and oxygen atoms in total. The predicted molar refractivity (Wildman–Crippen MR) is 346 cm³/mol. The number of carbonyl (C=O) groups is 3. The SMILES string of the molecule is Cc1ccc(CNC(=O)NC(CN2CCCC2)C(O)c2ccc3c(c2)OC(C2CCN(CC(NC(=O)NCc4ccc(Cl)cc4)C(O)c4ccc5c(c4)OCC(C4CCN(CC(NC(=O)NCc6cccc(F)c6)C(O)c6ccc7c(c6)OCCO7)C4)O5)C2)CO3)cc1. The van der Waals surface area contributed by atoms with Crippen LogP contribution >= 0.6 is 11.6 Å². The predicted octanol–water partition coefficient (Wildman–Crippen LogP) is 7.68. The fraction of sp³-hybridized carbons (Fsp3) is 0.443. The van der Waals surface area contributed by atoms with Crippen molar-refractivity contribution >= 4 is 29.7 Å². The number of rotatable bonds is 23. The summed E-state index contributed by atoms with van der Waals surface area (Å²) in [4.78, 5) is 47.2. The second kappa shape index (κ2) is 30.3. The van der Waals surface area contributed by atoms with Gasteiger partial charge in [-0.15, -0.1) is 0 Å². The molecule has 6 heterocycles. The largest absolute Gasteiger partial charge is 0.486 e. The molecule has 3 fully saturated rings. The highest BCUT2D eigenvalue weighted by Gasteiger charge is 2.40. The zero-order chi connectivity index (χ0) is 64.4. The second-order valence-electron chi connectivity index (χ2n) is 25.3. The maximum Gasteiger partial charge on any atom is 0.315 e. The Hall–Kier alpha value is -8.09. The molecular weight excluding hydrogens is 1210 g/mol. The van der Waals surface area contributed by atoms with Crippen LogP contribution in [0.4, 0.5) is 18.8 Å². The number of carbonyl (C=O) groups excluding carboxylic acids is 3. The summed E-state index contributed by atoms with van der Waals surface area (Å²) < 4.78 is 51.6. The van der Waals surface area contributed by atoms with Gasteiger partial charge in [-0.05, 0) is 153 Å². The summed E-state index contributed by atoms with van der Waals surface area (Å²) in [7, 11) is 0. The molecule has 10 atom stereocenters. The Labute approximate surface area is 546 Å². The fourth-order valence-corrected chi connectivity index (χ4v) is 13.4. The van der Waals surface area contributed by atoms with Gasteiger partial charge in [-0.2, -0.15) is 0 Å². The lowest BCUT2D eigenvalue weighted by Gasteiger charge is -2.33. The van der Waals surface area contributed by atoms with Crippen molar-refractivity contribution in [1.82, 2.24) is 46.6 Å². The Morgan fingerprint density at radius 1 is 0.505 bits per heavy atom. The number of ether oxygens (including phenoxy) is 6. The minimum Gasteiger partial charge on any atom is -0.486 e. The van der Waals surface area contributed by atoms with E-state index in [9.17, 15) is 34.1 Å². The second-order valence-corrected chi connectivity index (χ2v) is 25.7. The maximum atomic E-state index is 14.0. The van der Waals surface area contributed by atoms with E-state index in [0.29, 0.717) is 134 Å².